The predicted octanol–water partition coefficient (Wildman–Crippen LogP) is 5.41. The molecule has 1 saturated heterocycles. The summed E-state index contributed by atoms with van der Waals surface area (Å²) < 4.78 is 5.53. The van der Waals surface area contributed by atoms with Gasteiger partial charge in [-0.15, -0.1) is 0 Å². The van der Waals surface area contributed by atoms with Crippen molar-refractivity contribution in [3.8, 4) is 0 Å². The van der Waals surface area contributed by atoms with Crippen molar-refractivity contribution in [3.63, 3.8) is 0 Å². The Balaban J connectivity index is 2.01. The number of ether oxygens (including phenoxy) is 1. The molecular formula is C23H28ClN3O2. The number of benzene rings is 2. The van der Waals surface area contributed by atoms with Gasteiger partial charge in [0.25, 0.3) is 0 Å². The molecule has 0 unspecified atom stereocenters. The number of alkyl carbamates (subject to hydrolysis) is 1. The summed E-state index contributed by atoms with van der Waals surface area (Å²) >= 11 is 6.10. The third kappa shape index (κ3) is 6.23. The number of hydrogen-bond acceptors (Lipinski definition) is 4. The first-order valence-electron chi connectivity index (χ1n) is 9.96. The lowest BCUT2D eigenvalue weighted by Gasteiger charge is -2.26. The molecule has 0 saturated carbocycles. The SMILES string of the molecule is CC(C)(C)OC(=O)N[C@@H](/C(=N/N1CCCC1)c1ccc(Cl)cc1)c1ccccc1. The highest BCUT2D eigenvalue weighted by molar-refractivity contribution is 6.30. The van der Waals surface area contributed by atoms with Crippen LogP contribution in [0.1, 0.15) is 50.8 Å². The van der Waals surface area contributed by atoms with E-state index in [1.54, 1.807) is 0 Å². The van der Waals surface area contributed by atoms with Crippen LogP contribution in [-0.4, -0.2) is 35.5 Å². The summed E-state index contributed by atoms with van der Waals surface area (Å²) in [5.74, 6) is 0. The van der Waals surface area contributed by atoms with Gasteiger partial charge in [0.05, 0.1) is 5.71 Å². The zero-order chi connectivity index (χ0) is 20.9. The third-order valence-electron chi connectivity index (χ3n) is 4.54. The van der Waals surface area contributed by atoms with Gasteiger partial charge in [0.2, 0.25) is 0 Å². The molecule has 1 atom stereocenters. The van der Waals surface area contributed by atoms with Gasteiger partial charge in [0.15, 0.2) is 0 Å². The zero-order valence-corrected chi connectivity index (χ0v) is 17.9. The Kier molecular flexibility index (Phi) is 6.80. The molecule has 1 N–H and O–H groups in total. The van der Waals surface area contributed by atoms with Crippen LogP contribution >= 0.6 is 11.6 Å². The van der Waals surface area contributed by atoms with E-state index >= 15 is 0 Å². The zero-order valence-electron chi connectivity index (χ0n) is 17.2. The molecule has 0 spiro atoms. The first kappa shape index (κ1) is 21.2. The molecule has 29 heavy (non-hydrogen) atoms. The second-order valence-electron chi connectivity index (χ2n) is 8.14. The number of hydrogen-bond donors (Lipinski definition) is 1. The largest absolute Gasteiger partial charge is 0.444 e. The van der Waals surface area contributed by atoms with Crippen molar-refractivity contribution >= 4 is 23.4 Å². The minimum Gasteiger partial charge on any atom is -0.444 e. The molecule has 1 fully saturated rings. The lowest BCUT2D eigenvalue weighted by molar-refractivity contribution is 0.0517. The summed E-state index contributed by atoms with van der Waals surface area (Å²) in [4.78, 5) is 12.6. The van der Waals surface area contributed by atoms with Crippen LogP contribution in [0.5, 0.6) is 0 Å². The monoisotopic (exact) mass is 413 g/mol. The third-order valence-corrected chi connectivity index (χ3v) is 4.79. The molecule has 5 nitrogen and oxygen atoms in total. The molecule has 1 aliphatic rings. The molecule has 2 aromatic carbocycles. The van der Waals surface area contributed by atoms with E-state index in [1.807, 2.05) is 75.4 Å². The molecular weight excluding hydrogens is 386 g/mol. The molecule has 6 heteroatoms. The first-order valence-corrected chi connectivity index (χ1v) is 10.3. The van der Waals surface area contributed by atoms with Gasteiger partial charge in [-0.1, -0.05) is 54.1 Å². The fourth-order valence-corrected chi connectivity index (χ4v) is 3.36. The van der Waals surface area contributed by atoms with E-state index < -0.39 is 17.7 Å². The molecule has 0 bridgehead atoms. The standard InChI is InChI=1S/C23H28ClN3O2/c1-23(2,3)29-22(28)25-20(17-9-5-4-6-10-17)21(26-27-15-7-8-16-27)18-11-13-19(24)14-12-18/h4-6,9-14,20H,7-8,15-16H2,1-3H3,(H,25,28)/b26-21+/t20-/m1/s1. The van der Waals surface area contributed by atoms with Gasteiger partial charge in [0, 0.05) is 23.7 Å². The molecule has 3 rings (SSSR count). The Morgan fingerprint density at radius 3 is 2.28 bits per heavy atom. The Morgan fingerprint density at radius 1 is 1.07 bits per heavy atom. The van der Waals surface area contributed by atoms with Crippen LogP contribution in [0.2, 0.25) is 5.02 Å². The van der Waals surface area contributed by atoms with E-state index in [0.717, 1.165) is 42.8 Å². The molecule has 0 aliphatic carbocycles. The van der Waals surface area contributed by atoms with Gasteiger partial charge in [-0.25, -0.2) is 4.79 Å². The summed E-state index contributed by atoms with van der Waals surface area (Å²) in [7, 11) is 0. The number of nitrogens with one attached hydrogen (secondary N) is 1. The van der Waals surface area contributed by atoms with E-state index in [1.165, 1.54) is 0 Å². The van der Waals surface area contributed by atoms with E-state index in [9.17, 15) is 4.79 Å². The highest BCUT2D eigenvalue weighted by Gasteiger charge is 2.26. The minimum absolute atomic E-state index is 0.451. The van der Waals surface area contributed by atoms with E-state index in [2.05, 4.69) is 10.3 Å². The average Bonchev–Trinajstić information content (AvgIpc) is 3.18. The van der Waals surface area contributed by atoms with Crippen LogP contribution in [0.4, 0.5) is 4.79 Å². The lowest BCUT2D eigenvalue weighted by atomic mass is 9.96. The van der Waals surface area contributed by atoms with Gasteiger partial charge in [-0.2, -0.15) is 5.10 Å². The number of amides is 1. The minimum atomic E-state index is -0.585. The molecule has 1 heterocycles. The smallest absolute Gasteiger partial charge is 0.408 e. The number of nitrogens with zero attached hydrogens (tertiary/aromatic N) is 2. The van der Waals surface area contributed by atoms with Crippen LogP contribution in [-0.2, 0) is 4.74 Å². The van der Waals surface area contributed by atoms with E-state index in [0.29, 0.717) is 5.02 Å². The topological polar surface area (TPSA) is 53.9 Å². The van der Waals surface area contributed by atoms with E-state index in [4.69, 9.17) is 21.4 Å². The van der Waals surface area contributed by atoms with Crippen molar-refractivity contribution in [2.45, 2.75) is 45.3 Å². The van der Waals surface area contributed by atoms with Crippen molar-refractivity contribution in [1.82, 2.24) is 10.3 Å². The lowest BCUT2D eigenvalue weighted by Crippen LogP contribution is -2.39. The Morgan fingerprint density at radius 2 is 1.69 bits per heavy atom. The summed E-state index contributed by atoms with van der Waals surface area (Å²) in [5, 5.41) is 10.7. The summed E-state index contributed by atoms with van der Waals surface area (Å²) in [6.07, 6.45) is 1.76. The fraction of sp³-hybridized carbons (Fsp3) is 0.391. The first-order chi connectivity index (χ1) is 13.8. The van der Waals surface area contributed by atoms with Crippen LogP contribution in [0.25, 0.3) is 0 Å². The van der Waals surface area contributed by atoms with Crippen LogP contribution in [0, 0.1) is 0 Å². The van der Waals surface area contributed by atoms with Gasteiger partial charge >= 0.3 is 6.09 Å². The normalized spacial score (nSPS) is 15.9. The summed E-state index contributed by atoms with van der Waals surface area (Å²) in [6.45, 7) is 7.36. The second kappa shape index (κ2) is 9.31. The van der Waals surface area contributed by atoms with Crippen LogP contribution in [0.15, 0.2) is 59.7 Å². The predicted molar refractivity (Wildman–Crippen MR) is 117 cm³/mol. The number of carbonyl (C=O) groups excluding carboxylic acids is 1. The van der Waals surface area contributed by atoms with Gasteiger partial charge < -0.3 is 10.1 Å². The number of rotatable bonds is 5. The fourth-order valence-electron chi connectivity index (χ4n) is 3.24. The molecule has 1 amide bonds. The molecule has 0 aromatic heterocycles. The Bertz CT molecular complexity index is 839. The van der Waals surface area contributed by atoms with Gasteiger partial charge in [0.1, 0.15) is 11.6 Å². The number of hydrazone groups is 1. The van der Waals surface area contributed by atoms with Crippen LogP contribution < -0.4 is 5.32 Å². The van der Waals surface area contributed by atoms with Crippen molar-refractivity contribution in [2.24, 2.45) is 5.10 Å². The highest BCUT2D eigenvalue weighted by atomic mass is 35.5. The van der Waals surface area contributed by atoms with E-state index in [-0.39, 0.29) is 0 Å². The average molecular weight is 414 g/mol. The van der Waals surface area contributed by atoms with Crippen LogP contribution in [0.3, 0.4) is 0 Å². The number of carbonyl (C=O) groups is 1. The van der Waals surface area contributed by atoms with Crippen molar-refractivity contribution in [2.75, 3.05) is 13.1 Å². The maximum atomic E-state index is 12.6. The Labute approximate surface area is 177 Å². The molecule has 0 radical (unpaired) electrons. The molecule has 154 valence electrons. The highest BCUT2D eigenvalue weighted by Crippen LogP contribution is 2.23. The summed E-state index contributed by atoms with van der Waals surface area (Å²) in [6, 6.07) is 16.9. The maximum Gasteiger partial charge on any atom is 0.408 e. The molecule has 1 aliphatic heterocycles. The van der Waals surface area contributed by atoms with Crippen molar-refractivity contribution in [1.29, 1.82) is 0 Å². The summed E-state index contributed by atoms with van der Waals surface area (Å²) in [5.41, 5.74) is 2.02. The number of halogens is 1. The van der Waals surface area contributed by atoms with Crippen molar-refractivity contribution in [3.05, 3.63) is 70.7 Å². The van der Waals surface area contributed by atoms with Gasteiger partial charge in [-0.3, -0.25) is 5.01 Å². The second-order valence-corrected chi connectivity index (χ2v) is 8.58. The Hall–Kier alpha value is -2.53. The maximum absolute atomic E-state index is 12.6. The quantitative estimate of drug-likeness (QED) is 0.667. The van der Waals surface area contributed by atoms with Crippen molar-refractivity contribution < 1.29 is 9.53 Å². The molecule has 2 aromatic rings. The van der Waals surface area contributed by atoms with Gasteiger partial charge in [-0.05, 0) is 51.3 Å².